The Morgan fingerprint density at radius 1 is 1.19 bits per heavy atom. The van der Waals surface area contributed by atoms with Crippen molar-refractivity contribution in [2.45, 2.75) is 31.7 Å². The topological polar surface area (TPSA) is 3.24 Å². The molecule has 1 aliphatic carbocycles. The Hall–Kier alpha value is -1.10. The molecule has 16 heavy (non-hydrogen) atoms. The smallest absolute Gasteiger partial charge is 0.207 e. The minimum atomic E-state index is -4.39. The highest BCUT2D eigenvalue weighted by atomic mass is 19.4. The number of alkyl halides is 3. The molecule has 1 saturated carbocycles. The first-order chi connectivity index (χ1) is 7.48. The van der Waals surface area contributed by atoms with Crippen LogP contribution in [0.5, 0.6) is 0 Å². The lowest BCUT2D eigenvalue weighted by molar-refractivity contribution is -0.253. The molecule has 0 aliphatic heterocycles. The quantitative estimate of drug-likeness (QED) is 0.572. The van der Waals surface area contributed by atoms with Gasteiger partial charge in [0.1, 0.15) is 5.82 Å². The zero-order chi connectivity index (χ0) is 11.8. The zero-order valence-corrected chi connectivity index (χ0v) is 8.47. The molecule has 88 valence electrons. The Labute approximate surface area is 90.7 Å². The number of rotatable bonds is 3. The second-order valence-electron chi connectivity index (χ2n) is 3.92. The van der Waals surface area contributed by atoms with E-state index in [-0.39, 0.29) is 5.56 Å². The normalized spacial score (nSPS) is 16.8. The van der Waals surface area contributed by atoms with Gasteiger partial charge in [-0.15, -0.1) is 0 Å². The van der Waals surface area contributed by atoms with Gasteiger partial charge >= 0.3 is 6.30 Å². The molecule has 2 rings (SSSR count). The van der Waals surface area contributed by atoms with E-state index in [4.69, 9.17) is 0 Å². The van der Waals surface area contributed by atoms with Crippen LogP contribution in [0.3, 0.4) is 0 Å². The van der Waals surface area contributed by atoms with Crippen LogP contribution in [0, 0.1) is 5.82 Å². The van der Waals surface area contributed by atoms with Gasteiger partial charge in [0.2, 0.25) is 0 Å². The molecule has 0 aromatic heterocycles. The Morgan fingerprint density at radius 2 is 1.81 bits per heavy atom. The van der Waals surface area contributed by atoms with E-state index < -0.39 is 24.7 Å². The monoisotopic (exact) mass is 233 g/mol. The van der Waals surface area contributed by atoms with Crippen molar-refractivity contribution >= 4 is 0 Å². The molecule has 1 nitrogen and oxygen atoms in total. The molecule has 0 amide bonds. The van der Waals surface area contributed by atoms with E-state index in [1.807, 2.05) is 0 Å². The highest BCUT2D eigenvalue weighted by molar-refractivity contribution is 5.17. The molecule has 0 atom stereocenters. The lowest BCUT2D eigenvalue weighted by atomic mass is 10.2. The van der Waals surface area contributed by atoms with Crippen molar-refractivity contribution in [1.82, 2.24) is 4.90 Å². The van der Waals surface area contributed by atoms with Gasteiger partial charge in [-0.25, -0.2) is 9.29 Å². The first-order valence-electron chi connectivity index (χ1n) is 5.05. The molecule has 5 heteroatoms. The number of nitrogens with zero attached hydrogens (tertiary/aromatic N) is 1. The molecule has 0 saturated heterocycles. The molecule has 0 unspecified atom stereocenters. The van der Waals surface area contributed by atoms with Crippen LogP contribution in [-0.2, 0) is 6.54 Å². The fourth-order valence-corrected chi connectivity index (χ4v) is 1.62. The van der Waals surface area contributed by atoms with Gasteiger partial charge in [0.05, 0.1) is 0 Å². The summed E-state index contributed by atoms with van der Waals surface area (Å²) < 4.78 is 51.1. The van der Waals surface area contributed by atoms with Crippen molar-refractivity contribution in [3.05, 3.63) is 35.6 Å². The molecule has 0 bridgehead atoms. The number of benzene rings is 1. The molecule has 1 aromatic carbocycles. The number of hydrogen-bond donors (Lipinski definition) is 0. The lowest BCUT2D eigenvalue weighted by Gasteiger charge is -2.24. The maximum absolute atomic E-state index is 13.2. The van der Waals surface area contributed by atoms with Crippen LogP contribution in [0.1, 0.15) is 18.4 Å². The van der Waals surface area contributed by atoms with Crippen molar-refractivity contribution in [1.29, 1.82) is 0 Å². The van der Waals surface area contributed by atoms with Crippen molar-refractivity contribution < 1.29 is 17.6 Å². The number of halogens is 4. The number of hydrogen-bond acceptors (Lipinski definition) is 1. The maximum atomic E-state index is 13.2. The summed E-state index contributed by atoms with van der Waals surface area (Å²) in [4.78, 5) is 0.408. The third-order valence-corrected chi connectivity index (χ3v) is 2.61. The Morgan fingerprint density at radius 3 is 2.31 bits per heavy atom. The molecular formula is C11H11F4N. The first-order valence-corrected chi connectivity index (χ1v) is 5.05. The van der Waals surface area contributed by atoms with E-state index in [0.717, 1.165) is 0 Å². The molecule has 0 radical (unpaired) electrons. The predicted molar refractivity (Wildman–Crippen MR) is 51.0 cm³/mol. The summed E-state index contributed by atoms with van der Waals surface area (Å²) in [6.07, 6.45) is -3.31. The highest BCUT2D eigenvalue weighted by Crippen LogP contribution is 2.36. The minimum absolute atomic E-state index is 0.0896. The van der Waals surface area contributed by atoms with Gasteiger partial charge in [-0.1, -0.05) is 18.2 Å². The van der Waals surface area contributed by atoms with E-state index in [0.29, 0.717) is 17.7 Å². The molecular weight excluding hydrogens is 222 g/mol. The SMILES string of the molecule is Fc1ccccc1CN(C1CC1)C(F)(F)F. The summed E-state index contributed by atoms with van der Waals surface area (Å²) in [5, 5.41) is 0. The minimum Gasteiger partial charge on any atom is -0.207 e. The largest absolute Gasteiger partial charge is 0.460 e. The van der Waals surface area contributed by atoms with Gasteiger partial charge in [-0.2, -0.15) is 13.2 Å². The zero-order valence-electron chi connectivity index (χ0n) is 8.47. The predicted octanol–water partition coefficient (Wildman–Crippen LogP) is 3.31. The van der Waals surface area contributed by atoms with Crippen LogP contribution < -0.4 is 0 Å². The molecule has 1 aliphatic rings. The van der Waals surface area contributed by atoms with Crippen LogP contribution in [0.25, 0.3) is 0 Å². The van der Waals surface area contributed by atoms with Crippen LogP contribution in [-0.4, -0.2) is 17.2 Å². The fourth-order valence-electron chi connectivity index (χ4n) is 1.62. The molecule has 0 N–H and O–H groups in total. The summed E-state index contributed by atoms with van der Waals surface area (Å²) in [7, 11) is 0. The third kappa shape index (κ3) is 2.52. The highest BCUT2D eigenvalue weighted by Gasteiger charge is 2.46. The molecule has 1 aromatic rings. The van der Waals surface area contributed by atoms with Gasteiger partial charge < -0.3 is 0 Å². The van der Waals surface area contributed by atoms with Crippen LogP contribution in [0.2, 0.25) is 0 Å². The summed E-state index contributed by atoms with van der Waals surface area (Å²) >= 11 is 0. The maximum Gasteiger partial charge on any atom is 0.460 e. The Bertz CT molecular complexity index is 370. The van der Waals surface area contributed by atoms with Gasteiger partial charge in [0.25, 0.3) is 0 Å². The van der Waals surface area contributed by atoms with E-state index in [1.165, 1.54) is 18.2 Å². The first kappa shape index (κ1) is 11.4. The summed E-state index contributed by atoms with van der Waals surface area (Å²) in [6.45, 7) is -0.402. The van der Waals surface area contributed by atoms with Crippen LogP contribution >= 0.6 is 0 Å². The average Bonchev–Trinajstić information content (AvgIpc) is 2.98. The van der Waals surface area contributed by atoms with Gasteiger partial charge in [0.15, 0.2) is 0 Å². The van der Waals surface area contributed by atoms with Gasteiger partial charge in [-0.05, 0) is 18.9 Å². The van der Waals surface area contributed by atoms with Crippen LogP contribution in [0.15, 0.2) is 24.3 Å². The van der Waals surface area contributed by atoms with Gasteiger partial charge in [-0.3, -0.25) is 0 Å². The van der Waals surface area contributed by atoms with Crippen molar-refractivity contribution in [2.24, 2.45) is 0 Å². The second-order valence-corrected chi connectivity index (χ2v) is 3.92. The van der Waals surface area contributed by atoms with E-state index >= 15 is 0 Å². The van der Waals surface area contributed by atoms with Crippen molar-refractivity contribution in [2.75, 3.05) is 0 Å². The van der Waals surface area contributed by atoms with E-state index in [2.05, 4.69) is 0 Å². The second kappa shape index (κ2) is 4.05. The molecule has 0 heterocycles. The molecule has 0 spiro atoms. The van der Waals surface area contributed by atoms with E-state index in [9.17, 15) is 17.6 Å². The lowest BCUT2D eigenvalue weighted by Crippen LogP contribution is -2.39. The van der Waals surface area contributed by atoms with Gasteiger partial charge in [0, 0.05) is 18.2 Å². The molecule has 1 fully saturated rings. The van der Waals surface area contributed by atoms with Crippen molar-refractivity contribution in [3.63, 3.8) is 0 Å². The Balaban J connectivity index is 2.15. The third-order valence-electron chi connectivity index (χ3n) is 2.61. The van der Waals surface area contributed by atoms with Crippen molar-refractivity contribution in [3.8, 4) is 0 Å². The standard InChI is InChI=1S/C11H11F4N/c12-10-4-2-1-3-8(10)7-16(9-5-6-9)11(13,14)15/h1-4,9H,5-7H2. The fraction of sp³-hybridized carbons (Fsp3) is 0.455. The van der Waals surface area contributed by atoms with E-state index in [1.54, 1.807) is 6.07 Å². The van der Waals surface area contributed by atoms with Crippen LogP contribution in [0.4, 0.5) is 17.6 Å². The Kier molecular flexibility index (Phi) is 2.88. The summed E-state index contributed by atoms with van der Waals surface area (Å²) in [6, 6.07) is 5.10. The summed E-state index contributed by atoms with van der Waals surface area (Å²) in [5.41, 5.74) is 0.0896. The average molecular weight is 233 g/mol. The summed E-state index contributed by atoms with van der Waals surface area (Å²) in [5.74, 6) is -0.586.